The van der Waals surface area contributed by atoms with Gasteiger partial charge in [-0.05, 0) is 25.7 Å². The lowest BCUT2D eigenvalue weighted by molar-refractivity contribution is -0.166. The molecular formula is C21H37N3O2. The van der Waals surface area contributed by atoms with Gasteiger partial charge in [-0.3, -0.25) is 9.48 Å². The SMILES string of the molecule is CCc1nn(CCN2CCOC(C)(C)C2=O)c(C(C)(C)C)c1C(C)(C)C. The van der Waals surface area contributed by atoms with Crippen LogP contribution in [0.25, 0.3) is 0 Å². The summed E-state index contributed by atoms with van der Waals surface area (Å²) in [6.45, 7) is 22.0. The van der Waals surface area contributed by atoms with Crippen molar-refractivity contribution in [1.82, 2.24) is 14.7 Å². The quantitative estimate of drug-likeness (QED) is 0.820. The second-order valence-corrected chi connectivity index (χ2v) is 9.90. The maximum Gasteiger partial charge on any atom is 0.254 e. The van der Waals surface area contributed by atoms with Gasteiger partial charge in [0.05, 0.1) is 18.8 Å². The molecule has 1 aliphatic heterocycles. The van der Waals surface area contributed by atoms with Crippen LogP contribution in [0, 0.1) is 0 Å². The summed E-state index contributed by atoms with van der Waals surface area (Å²) in [6, 6.07) is 0. The van der Waals surface area contributed by atoms with Crippen LogP contribution in [-0.2, 0) is 33.3 Å². The Kier molecular flexibility index (Phi) is 5.63. The zero-order valence-electron chi connectivity index (χ0n) is 18.2. The molecule has 0 spiro atoms. The van der Waals surface area contributed by atoms with Crippen molar-refractivity contribution in [2.45, 2.75) is 91.7 Å². The van der Waals surface area contributed by atoms with E-state index < -0.39 is 5.60 Å². The Labute approximate surface area is 159 Å². The van der Waals surface area contributed by atoms with Crippen molar-refractivity contribution >= 4 is 5.91 Å². The highest BCUT2D eigenvalue weighted by Gasteiger charge is 2.37. The molecule has 0 unspecified atom stereocenters. The van der Waals surface area contributed by atoms with Crippen molar-refractivity contribution in [3.63, 3.8) is 0 Å². The first-order valence-corrected chi connectivity index (χ1v) is 9.83. The number of aryl methyl sites for hydroxylation is 1. The molecule has 26 heavy (non-hydrogen) atoms. The topological polar surface area (TPSA) is 47.4 Å². The van der Waals surface area contributed by atoms with Crippen LogP contribution < -0.4 is 0 Å². The van der Waals surface area contributed by atoms with Gasteiger partial charge >= 0.3 is 0 Å². The van der Waals surface area contributed by atoms with E-state index in [-0.39, 0.29) is 16.7 Å². The first-order chi connectivity index (χ1) is 11.8. The summed E-state index contributed by atoms with van der Waals surface area (Å²) in [6.07, 6.45) is 0.923. The van der Waals surface area contributed by atoms with E-state index in [4.69, 9.17) is 9.84 Å². The van der Waals surface area contributed by atoms with Gasteiger partial charge in [0.2, 0.25) is 0 Å². The number of aromatic nitrogens is 2. The van der Waals surface area contributed by atoms with Gasteiger partial charge in [-0.15, -0.1) is 0 Å². The fourth-order valence-electron chi connectivity index (χ4n) is 3.85. The highest BCUT2D eigenvalue weighted by molar-refractivity contribution is 5.85. The van der Waals surface area contributed by atoms with E-state index in [1.807, 2.05) is 18.7 Å². The molecule has 2 heterocycles. The monoisotopic (exact) mass is 363 g/mol. The van der Waals surface area contributed by atoms with Gasteiger partial charge in [0.1, 0.15) is 5.60 Å². The number of carbonyl (C=O) groups excluding carboxylic acids is 1. The standard InChI is InChI=1S/C21H37N3O2/c1-10-15-16(19(2,3)4)17(20(5,6)7)24(22-15)12-11-23-13-14-26-21(8,9)18(23)25/h10-14H2,1-9H3. The minimum absolute atomic E-state index is 0.00266. The molecular weight excluding hydrogens is 326 g/mol. The smallest absolute Gasteiger partial charge is 0.254 e. The maximum atomic E-state index is 12.6. The molecule has 0 aliphatic carbocycles. The van der Waals surface area contributed by atoms with Gasteiger partial charge in [-0.25, -0.2) is 0 Å². The number of hydrogen-bond donors (Lipinski definition) is 0. The summed E-state index contributed by atoms with van der Waals surface area (Å²) >= 11 is 0. The van der Waals surface area contributed by atoms with Crippen molar-refractivity contribution in [3.05, 3.63) is 17.0 Å². The van der Waals surface area contributed by atoms with Crippen molar-refractivity contribution in [1.29, 1.82) is 0 Å². The lowest BCUT2D eigenvalue weighted by Crippen LogP contribution is -2.54. The van der Waals surface area contributed by atoms with Gasteiger partial charge in [-0.1, -0.05) is 48.5 Å². The Hall–Kier alpha value is -1.36. The molecule has 5 nitrogen and oxygen atoms in total. The van der Waals surface area contributed by atoms with E-state index in [2.05, 4.69) is 53.1 Å². The Morgan fingerprint density at radius 1 is 1.08 bits per heavy atom. The molecule has 0 aromatic carbocycles. The second-order valence-electron chi connectivity index (χ2n) is 9.90. The Balaban J connectivity index is 2.35. The van der Waals surface area contributed by atoms with Crippen LogP contribution in [0.4, 0.5) is 0 Å². The predicted molar refractivity (Wildman–Crippen MR) is 106 cm³/mol. The summed E-state index contributed by atoms with van der Waals surface area (Å²) < 4.78 is 7.76. The molecule has 0 bridgehead atoms. The average Bonchev–Trinajstić information content (AvgIpc) is 2.87. The van der Waals surface area contributed by atoms with Crippen molar-refractivity contribution < 1.29 is 9.53 Å². The zero-order valence-corrected chi connectivity index (χ0v) is 18.2. The third kappa shape index (κ3) is 4.13. The third-order valence-corrected chi connectivity index (χ3v) is 5.03. The number of morpholine rings is 1. The van der Waals surface area contributed by atoms with Gasteiger partial charge in [0, 0.05) is 29.8 Å². The minimum Gasteiger partial charge on any atom is -0.364 e. The van der Waals surface area contributed by atoms with Crippen LogP contribution in [0.1, 0.15) is 79.3 Å². The summed E-state index contributed by atoms with van der Waals surface area (Å²) in [5, 5.41) is 4.95. The van der Waals surface area contributed by atoms with E-state index in [1.165, 1.54) is 17.0 Å². The molecule has 1 aliphatic rings. The van der Waals surface area contributed by atoms with Gasteiger partial charge in [0.15, 0.2) is 0 Å². The molecule has 1 aromatic heterocycles. The van der Waals surface area contributed by atoms with E-state index in [1.54, 1.807) is 0 Å². The third-order valence-electron chi connectivity index (χ3n) is 5.03. The normalized spacial score (nSPS) is 18.5. The minimum atomic E-state index is -0.722. The van der Waals surface area contributed by atoms with E-state index >= 15 is 0 Å². The van der Waals surface area contributed by atoms with Crippen LogP contribution >= 0.6 is 0 Å². The van der Waals surface area contributed by atoms with Crippen molar-refractivity contribution in [2.24, 2.45) is 0 Å². The summed E-state index contributed by atoms with van der Waals surface area (Å²) in [4.78, 5) is 14.5. The van der Waals surface area contributed by atoms with Gasteiger partial charge in [0.25, 0.3) is 5.91 Å². The summed E-state index contributed by atoms with van der Waals surface area (Å²) in [5.41, 5.74) is 3.15. The Morgan fingerprint density at radius 2 is 1.69 bits per heavy atom. The molecule has 1 saturated heterocycles. The van der Waals surface area contributed by atoms with E-state index in [9.17, 15) is 4.79 Å². The van der Waals surface area contributed by atoms with Crippen LogP contribution in [0.5, 0.6) is 0 Å². The Morgan fingerprint density at radius 3 is 2.19 bits per heavy atom. The number of amides is 1. The largest absolute Gasteiger partial charge is 0.364 e. The zero-order chi connectivity index (χ0) is 19.9. The van der Waals surface area contributed by atoms with Gasteiger partial charge in [-0.2, -0.15) is 5.10 Å². The highest BCUT2D eigenvalue weighted by Crippen LogP contribution is 2.36. The molecule has 1 fully saturated rings. The average molecular weight is 364 g/mol. The van der Waals surface area contributed by atoms with Crippen LogP contribution in [-0.4, -0.2) is 45.9 Å². The van der Waals surface area contributed by atoms with Crippen LogP contribution in [0.3, 0.4) is 0 Å². The first-order valence-electron chi connectivity index (χ1n) is 9.83. The molecule has 0 saturated carbocycles. The molecule has 0 radical (unpaired) electrons. The molecule has 1 aromatic rings. The molecule has 1 amide bonds. The number of carbonyl (C=O) groups is 1. The van der Waals surface area contributed by atoms with E-state index in [0.717, 1.165) is 13.0 Å². The maximum absolute atomic E-state index is 12.6. The first kappa shape index (κ1) is 20.9. The van der Waals surface area contributed by atoms with Crippen molar-refractivity contribution in [2.75, 3.05) is 19.7 Å². The van der Waals surface area contributed by atoms with Crippen molar-refractivity contribution in [3.8, 4) is 0 Å². The Bertz CT molecular complexity index is 660. The molecule has 5 heteroatoms. The fraction of sp³-hybridized carbons (Fsp3) is 0.810. The number of ether oxygens (including phenoxy) is 1. The van der Waals surface area contributed by atoms with Crippen LogP contribution in [0.15, 0.2) is 0 Å². The lowest BCUT2D eigenvalue weighted by Gasteiger charge is -2.37. The summed E-state index contributed by atoms with van der Waals surface area (Å²) in [7, 11) is 0. The second kappa shape index (κ2) is 6.99. The molecule has 0 N–H and O–H groups in total. The van der Waals surface area contributed by atoms with Crippen LogP contribution in [0.2, 0.25) is 0 Å². The van der Waals surface area contributed by atoms with Gasteiger partial charge < -0.3 is 9.64 Å². The van der Waals surface area contributed by atoms with E-state index in [0.29, 0.717) is 19.7 Å². The number of rotatable bonds is 4. The number of hydrogen-bond acceptors (Lipinski definition) is 3. The fourth-order valence-corrected chi connectivity index (χ4v) is 3.85. The summed E-state index contributed by atoms with van der Waals surface area (Å²) in [5.74, 6) is 0.0694. The lowest BCUT2D eigenvalue weighted by atomic mass is 9.77. The molecule has 148 valence electrons. The number of nitrogens with zero attached hydrogens (tertiary/aromatic N) is 3. The molecule has 0 atom stereocenters. The highest BCUT2D eigenvalue weighted by atomic mass is 16.5. The predicted octanol–water partition coefficient (Wildman–Crippen LogP) is 3.68. The molecule has 2 rings (SSSR count).